The number of nitrogens with two attached hydrogens (primary N) is 1. The van der Waals surface area contributed by atoms with Crippen LogP contribution in [0.3, 0.4) is 0 Å². The molecule has 0 aromatic heterocycles. The van der Waals surface area contributed by atoms with Crippen molar-refractivity contribution in [2.75, 3.05) is 6.54 Å². The topological polar surface area (TPSA) is 55.1 Å². The lowest BCUT2D eigenvalue weighted by Crippen LogP contribution is -2.49. The minimum Gasteiger partial charge on any atom is -0.350 e. The molecule has 0 heterocycles. The molecule has 19 heavy (non-hydrogen) atoms. The van der Waals surface area contributed by atoms with Crippen LogP contribution < -0.4 is 11.1 Å². The summed E-state index contributed by atoms with van der Waals surface area (Å²) in [6.45, 7) is 4.08. The zero-order valence-electron chi connectivity index (χ0n) is 10.9. The van der Waals surface area contributed by atoms with Crippen molar-refractivity contribution >= 4 is 17.5 Å². The van der Waals surface area contributed by atoms with E-state index in [-0.39, 0.29) is 17.1 Å². The fourth-order valence-corrected chi connectivity index (χ4v) is 1.78. The van der Waals surface area contributed by atoms with Crippen molar-refractivity contribution in [3.63, 3.8) is 0 Å². The molecule has 0 saturated carbocycles. The number of carbonyl (C=O) groups excluding carboxylic acids is 1. The van der Waals surface area contributed by atoms with Crippen molar-refractivity contribution in [3.8, 4) is 0 Å². The predicted octanol–water partition coefficient (Wildman–Crippen LogP) is 2.87. The maximum absolute atomic E-state index is 13.1. The van der Waals surface area contributed by atoms with Crippen LogP contribution in [0.1, 0.15) is 37.0 Å². The average Bonchev–Trinajstić information content (AvgIpc) is 2.39. The van der Waals surface area contributed by atoms with Crippen LogP contribution in [0.4, 0.5) is 8.78 Å². The smallest absolute Gasteiger partial charge is 0.252 e. The average molecular weight is 291 g/mol. The number of rotatable bonds is 5. The van der Waals surface area contributed by atoms with Gasteiger partial charge >= 0.3 is 0 Å². The van der Waals surface area contributed by atoms with Gasteiger partial charge < -0.3 is 11.1 Å². The summed E-state index contributed by atoms with van der Waals surface area (Å²) in [5.74, 6) is -2.77. The molecule has 3 nitrogen and oxygen atoms in total. The van der Waals surface area contributed by atoms with Gasteiger partial charge in [-0.2, -0.15) is 0 Å². The lowest BCUT2D eigenvalue weighted by Gasteiger charge is -2.26. The van der Waals surface area contributed by atoms with E-state index in [9.17, 15) is 13.6 Å². The van der Waals surface area contributed by atoms with E-state index in [0.717, 1.165) is 12.1 Å². The van der Waals surface area contributed by atoms with E-state index in [1.54, 1.807) is 0 Å². The minimum absolute atomic E-state index is 0.102. The Morgan fingerprint density at radius 3 is 2.37 bits per heavy atom. The van der Waals surface area contributed by atoms with Gasteiger partial charge in [-0.05, 0) is 25.0 Å². The lowest BCUT2D eigenvalue weighted by molar-refractivity contribution is 0.0941. The fourth-order valence-electron chi connectivity index (χ4n) is 1.55. The molecule has 0 fully saturated rings. The molecule has 3 N–H and O–H groups in total. The normalized spacial score (nSPS) is 11.5. The van der Waals surface area contributed by atoms with Crippen LogP contribution in [0.2, 0.25) is 5.02 Å². The molecule has 0 bridgehead atoms. The molecular weight excluding hydrogens is 274 g/mol. The number of benzene rings is 1. The monoisotopic (exact) mass is 290 g/mol. The number of nitrogens with one attached hydrogen (secondary N) is 1. The second-order valence-electron chi connectivity index (χ2n) is 4.50. The molecule has 6 heteroatoms. The largest absolute Gasteiger partial charge is 0.350 e. The standard InChI is InChI=1S/C13H17ClF2N2O/c1-3-13(17,4-2)7-18-12(19)8-5-10(15)11(16)6-9(8)14/h5-6H,3-4,7,17H2,1-2H3,(H,18,19). The summed E-state index contributed by atoms with van der Waals surface area (Å²) in [6, 6.07) is 1.56. The number of hydrogen-bond donors (Lipinski definition) is 2. The van der Waals surface area contributed by atoms with Gasteiger partial charge in [0.15, 0.2) is 11.6 Å². The summed E-state index contributed by atoms with van der Waals surface area (Å²) in [6.07, 6.45) is 1.38. The first-order valence-electron chi connectivity index (χ1n) is 6.04. The quantitative estimate of drug-likeness (QED) is 0.819. The van der Waals surface area contributed by atoms with E-state index >= 15 is 0 Å². The molecule has 1 rings (SSSR count). The van der Waals surface area contributed by atoms with Gasteiger partial charge in [0.25, 0.3) is 5.91 Å². The van der Waals surface area contributed by atoms with Gasteiger partial charge in [-0.1, -0.05) is 25.4 Å². The van der Waals surface area contributed by atoms with Crippen molar-refractivity contribution in [1.82, 2.24) is 5.32 Å². The predicted molar refractivity (Wildman–Crippen MR) is 71.2 cm³/mol. The molecule has 106 valence electrons. The Labute approximate surface area is 116 Å². The third kappa shape index (κ3) is 3.88. The molecule has 0 aliphatic heterocycles. The first-order chi connectivity index (χ1) is 8.83. The van der Waals surface area contributed by atoms with Gasteiger partial charge in [-0.3, -0.25) is 4.79 Å². The molecule has 1 amide bonds. The van der Waals surface area contributed by atoms with E-state index in [2.05, 4.69) is 5.32 Å². The van der Waals surface area contributed by atoms with E-state index in [1.165, 1.54) is 0 Å². The summed E-state index contributed by atoms with van der Waals surface area (Å²) < 4.78 is 26.0. The molecule has 0 atom stereocenters. The van der Waals surface area contributed by atoms with Crippen molar-refractivity contribution in [1.29, 1.82) is 0 Å². The Morgan fingerprint density at radius 1 is 1.32 bits per heavy atom. The molecule has 0 aliphatic carbocycles. The first kappa shape index (κ1) is 15.9. The second kappa shape index (κ2) is 6.30. The van der Waals surface area contributed by atoms with Gasteiger partial charge in [0, 0.05) is 12.1 Å². The zero-order valence-corrected chi connectivity index (χ0v) is 11.7. The molecule has 0 unspecified atom stereocenters. The first-order valence-corrected chi connectivity index (χ1v) is 6.42. The van der Waals surface area contributed by atoms with Crippen LogP contribution in [0.5, 0.6) is 0 Å². The SMILES string of the molecule is CCC(N)(CC)CNC(=O)c1cc(F)c(F)cc1Cl. The van der Waals surface area contributed by atoms with Crippen molar-refractivity contribution in [2.24, 2.45) is 5.73 Å². The third-order valence-electron chi connectivity index (χ3n) is 3.26. The van der Waals surface area contributed by atoms with E-state index in [0.29, 0.717) is 12.8 Å². The van der Waals surface area contributed by atoms with Crippen molar-refractivity contribution in [3.05, 3.63) is 34.4 Å². The van der Waals surface area contributed by atoms with Crippen LogP contribution in [0.25, 0.3) is 0 Å². The lowest BCUT2D eigenvalue weighted by atomic mass is 9.94. The van der Waals surface area contributed by atoms with Crippen molar-refractivity contribution < 1.29 is 13.6 Å². The second-order valence-corrected chi connectivity index (χ2v) is 4.91. The summed E-state index contributed by atoms with van der Waals surface area (Å²) in [4.78, 5) is 11.9. The molecular formula is C13H17ClF2N2O. The summed E-state index contributed by atoms with van der Waals surface area (Å²) in [7, 11) is 0. The highest BCUT2D eigenvalue weighted by molar-refractivity contribution is 6.33. The Morgan fingerprint density at radius 2 is 1.84 bits per heavy atom. The summed E-state index contributed by atoms with van der Waals surface area (Å²) >= 11 is 5.72. The maximum Gasteiger partial charge on any atom is 0.252 e. The Kier molecular flexibility index (Phi) is 5.26. The third-order valence-corrected chi connectivity index (χ3v) is 3.58. The fraction of sp³-hybridized carbons (Fsp3) is 0.462. The van der Waals surface area contributed by atoms with Gasteiger partial charge in [-0.15, -0.1) is 0 Å². The van der Waals surface area contributed by atoms with Crippen LogP contribution in [-0.4, -0.2) is 18.0 Å². The molecule has 0 spiro atoms. The molecule has 0 saturated heterocycles. The summed E-state index contributed by atoms with van der Waals surface area (Å²) in [5, 5.41) is 2.46. The van der Waals surface area contributed by atoms with E-state index < -0.39 is 23.1 Å². The van der Waals surface area contributed by atoms with Crippen LogP contribution in [-0.2, 0) is 0 Å². The summed E-state index contributed by atoms with van der Waals surface area (Å²) in [5.41, 5.74) is 5.42. The minimum atomic E-state index is -1.11. The highest BCUT2D eigenvalue weighted by atomic mass is 35.5. The van der Waals surface area contributed by atoms with Crippen molar-refractivity contribution in [2.45, 2.75) is 32.2 Å². The highest BCUT2D eigenvalue weighted by Gasteiger charge is 2.22. The Balaban J connectivity index is 2.82. The van der Waals surface area contributed by atoms with Gasteiger partial charge in [-0.25, -0.2) is 8.78 Å². The maximum atomic E-state index is 13.1. The van der Waals surface area contributed by atoms with Crippen LogP contribution in [0, 0.1) is 11.6 Å². The number of hydrogen-bond acceptors (Lipinski definition) is 2. The number of halogens is 3. The molecule has 1 aromatic carbocycles. The van der Waals surface area contributed by atoms with E-state index in [1.807, 2.05) is 13.8 Å². The number of carbonyl (C=O) groups is 1. The Bertz CT molecular complexity index is 476. The van der Waals surface area contributed by atoms with E-state index in [4.69, 9.17) is 17.3 Å². The highest BCUT2D eigenvalue weighted by Crippen LogP contribution is 2.20. The molecule has 1 aromatic rings. The zero-order chi connectivity index (χ0) is 14.6. The molecule has 0 radical (unpaired) electrons. The van der Waals surface area contributed by atoms with Crippen LogP contribution >= 0.6 is 11.6 Å². The van der Waals surface area contributed by atoms with Crippen LogP contribution in [0.15, 0.2) is 12.1 Å². The Hall–Kier alpha value is -1.20. The molecule has 0 aliphatic rings. The van der Waals surface area contributed by atoms with Gasteiger partial charge in [0.2, 0.25) is 0 Å². The van der Waals surface area contributed by atoms with Gasteiger partial charge in [0.1, 0.15) is 0 Å². The number of amides is 1. The van der Waals surface area contributed by atoms with Gasteiger partial charge in [0.05, 0.1) is 10.6 Å².